The minimum atomic E-state index is -0.402. The van der Waals surface area contributed by atoms with Crippen LogP contribution < -0.4 is 14.8 Å². The maximum Gasteiger partial charge on any atom is 0.226 e. The Morgan fingerprint density at radius 3 is 2.39 bits per heavy atom. The molecular formula is C29H24N4O3. The van der Waals surface area contributed by atoms with Gasteiger partial charge in [0, 0.05) is 23.3 Å². The fourth-order valence-electron chi connectivity index (χ4n) is 5.42. The first-order chi connectivity index (χ1) is 17.7. The molecule has 2 aliphatic heterocycles. The van der Waals surface area contributed by atoms with Gasteiger partial charge >= 0.3 is 0 Å². The van der Waals surface area contributed by atoms with Crippen LogP contribution in [0.25, 0.3) is 11.4 Å². The van der Waals surface area contributed by atoms with Crippen molar-refractivity contribution >= 4 is 11.7 Å². The van der Waals surface area contributed by atoms with Crippen LogP contribution in [0.4, 0.5) is 5.95 Å². The summed E-state index contributed by atoms with van der Waals surface area (Å²) in [6, 6.07) is 25.6. The molecule has 7 nitrogen and oxygen atoms in total. The molecule has 0 fully saturated rings. The van der Waals surface area contributed by atoms with Gasteiger partial charge in [-0.25, -0.2) is 4.68 Å². The monoisotopic (exact) mass is 476 g/mol. The third-order valence-corrected chi connectivity index (χ3v) is 7.10. The fourth-order valence-corrected chi connectivity index (χ4v) is 5.42. The van der Waals surface area contributed by atoms with Crippen molar-refractivity contribution in [3.05, 3.63) is 101 Å². The number of rotatable bonds is 3. The van der Waals surface area contributed by atoms with Crippen LogP contribution in [0.5, 0.6) is 11.5 Å². The molecule has 2 unspecified atom stereocenters. The van der Waals surface area contributed by atoms with Crippen LogP contribution in [-0.2, 0) is 4.79 Å². The lowest BCUT2D eigenvalue weighted by molar-refractivity contribution is -0.116. The number of nitrogens with one attached hydrogen (secondary N) is 1. The Hall–Kier alpha value is -4.39. The molecule has 3 aliphatic rings. The first kappa shape index (κ1) is 20.9. The predicted molar refractivity (Wildman–Crippen MR) is 135 cm³/mol. The summed E-state index contributed by atoms with van der Waals surface area (Å²) in [6.07, 6.45) is 1.20. The largest absolute Gasteiger partial charge is 0.486 e. The van der Waals surface area contributed by atoms with Crippen LogP contribution in [0.2, 0.25) is 0 Å². The van der Waals surface area contributed by atoms with Gasteiger partial charge in [-0.15, -0.1) is 5.10 Å². The van der Waals surface area contributed by atoms with Gasteiger partial charge in [-0.2, -0.15) is 4.98 Å². The Kier molecular flexibility index (Phi) is 4.87. The number of benzene rings is 3. The second-order valence-electron chi connectivity index (χ2n) is 9.33. The molecule has 0 spiro atoms. The summed E-state index contributed by atoms with van der Waals surface area (Å²) >= 11 is 0. The van der Waals surface area contributed by atoms with E-state index in [1.54, 1.807) is 0 Å². The van der Waals surface area contributed by atoms with E-state index in [0.717, 1.165) is 34.6 Å². The summed E-state index contributed by atoms with van der Waals surface area (Å²) in [4.78, 5) is 18.6. The zero-order valence-electron chi connectivity index (χ0n) is 19.6. The normalized spacial score (nSPS) is 20.4. The van der Waals surface area contributed by atoms with Crippen molar-refractivity contribution in [2.24, 2.45) is 0 Å². The Morgan fingerprint density at radius 2 is 1.58 bits per heavy atom. The minimum absolute atomic E-state index is 0.119. The SMILES string of the molecule is O=C1CC(c2ccccc2)CC2=C1C(c1ccc3c(c1)OCCO3)n1nc(-c3ccccc3)nc1N2. The molecule has 4 aromatic rings. The fraction of sp³-hybridized carbons (Fsp3) is 0.207. The van der Waals surface area contributed by atoms with E-state index in [1.807, 2.05) is 71.4 Å². The van der Waals surface area contributed by atoms with Crippen LogP contribution in [0.15, 0.2) is 90.1 Å². The minimum Gasteiger partial charge on any atom is -0.486 e. The molecule has 36 heavy (non-hydrogen) atoms. The van der Waals surface area contributed by atoms with Gasteiger partial charge in [0.25, 0.3) is 0 Å². The summed E-state index contributed by atoms with van der Waals surface area (Å²) in [5.41, 5.74) is 4.68. The summed E-state index contributed by atoms with van der Waals surface area (Å²) in [5, 5.41) is 8.35. The van der Waals surface area contributed by atoms with Crippen molar-refractivity contribution in [3.63, 3.8) is 0 Å². The first-order valence-corrected chi connectivity index (χ1v) is 12.2. The van der Waals surface area contributed by atoms with Crippen LogP contribution in [-0.4, -0.2) is 33.8 Å². The zero-order chi connectivity index (χ0) is 24.1. The standard InChI is InChI=1S/C29H24N4O3/c34-23-16-21(18-7-3-1-4-8-18)15-22-26(23)27(20-11-12-24-25(17-20)36-14-13-35-24)33-29(30-22)31-28(32-33)19-9-5-2-6-10-19/h1-12,17,21,27H,13-16H2,(H,30,31,32). The van der Waals surface area contributed by atoms with E-state index in [0.29, 0.717) is 37.2 Å². The zero-order valence-corrected chi connectivity index (χ0v) is 19.6. The third kappa shape index (κ3) is 3.47. The number of nitrogens with zero attached hydrogens (tertiary/aromatic N) is 3. The topological polar surface area (TPSA) is 78.3 Å². The highest BCUT2D eigenvalue weighted by Gasteiger charge is 2.40. The highest BCUT2D eigenvalue weighted by Crippen LogP contribution is 2.45. The lowest BCUT2D eigenvalue weighted by Gasteiger charge is -2.35. The highest BCUT2D eigenvalue weighted by atomic mass is 16.6. The van der Waals surface area contributed by atoms with Crippen molar-refractivity contribution in [3.8, 4) is 22.9 Å². The van der Waals surface area contributed by atoms with Gasteiger partial charge in [-0.05, 0) is 35.6 Å². The molecule has 3 heterocycles. The first-order valence-electron chi connectivity index (χ1n) is 12.2. The lowest BCUT2D eigenvalue weighted by Crippen LogP contribution is -2.33. The molecule has 1 N–H and O–H groups in total. The van der Waals surface area contributed by atoms with Crippen LogP contribution >= 0.6 is 0 Å². The van der Waals surface area contributed by atoms with Crippen molar-refractivity contribution in [2.75, 3.05) is 18.5 Å². The number of ether oxygens (including phenoxy) is 2. The molecule has 0 radical (unpaired) electrons. The molecule has 1 aromatic heterocycles. The molecule has 0 amide bonds. The van der Waals surface area contributed by atoms with Crippen LogP contribution in [0.1, 0.15) is 35.9 Å². The number of aromatic nitrogens is 3. The molecule has 178 valence electrons. The number of carbonyl (C=O) groups is 1. The van der Waals surface area contributed by atoms with E-state index in [4.69, 9.17) is 19.6 Å². The van der Waals surface area contributed by atoms with Gasteiger partial charge in [0.2, 0.25) is 5.95 Å². The molecule has 2 atom stereocenters. The third-order valence-electron chi connectivity index (χ3n) is 7.10. The summed E-state index contributed by atoms with van der Waals surface area (Å²) in [6.45, 7) is 1.03. The van der Waals surface area contributed by atoms with E-state index in [-0.39, 0.29) is 11.7 Å². The van der Waals surface area contributed by atoms with Crippen molar-refractivity contribution < 1.29 is 14.3 Å². The van der Waals surface area contributed by atoms with Gasteiger partial charge in [-0.3, -0.25) is 4.79 Å². The number of Topliss-reactive ketones (excluding diaryl/α,β-unsaturated/α-hetero) is 1. The van der Waals surface area contributed by atoms with E-state index < -0.39 is 6.04 Å². The number of anilines is 1. The summed E-state index contributed by atoms with van der Waals surface area (Å²) in [7, 11) is 0. The summed E-state index contributed by atoms with van der Waals surface area (Å²) < 4.78 is 13.4. The Balaban J connectivity index is 1.36. The Labute approximate surface area is 208 Å². The lowest BCUT2D eigenvalue weighted by atomic mass is 9.78. The number of fused-ring (bicyclic) bond motifs is 2. The number of allylic oxidation sites excluding steroid dienone is 2. The maximum absolute atomic E-state index is 13.8. The molecule has 0 saturated heterocycles. The van der Waals surface area contributed by atoms with Crippen molar-refractivity contribution in [1.82, 2.24) is 14.8 Å². The molecule has 0 saturated carbocycles. The van der Waals surface area contributed by atoms with E-state index in [2.05, 4.69) is 17.4 Å². The molecule has 1 aliphatic carbocycles. The Bertz CT molecular complexity index is 1490. The van der Waals surface area contributed by atoms with Gasteiger partial charge in [-0.1, -0.05) is 66.7 Å². The molecule has 3 aromatic carbocycles. The quantitative estimate of drug-likeness (QED) is 0.442. The van der Waals surface area contributed by atoms with Gasteiger partial charge < -0.3 is 14.8 Å². The molecular weight excluding hydrogens is 452 g/mol. The van der Waals surface area contributed by atoms with Crippen LogP contribution in [0, 0.1) is 0 Å². The van der Waals surface area contributed by atoms with Crippen molar-refractivity contribution in [1.29, 1.82) is 0 Å². The van der Waals surface area contributed by atoms with Crippen LogP contribution in [0.3, 0.4) is 0 Å². The van der Waals surface area contributed by atoms with Gasteiger partial charge in [0.1, 0.15) is 19.3 Å². The number of hydrogen-bond donors (Lipinski definition) is 1. The number of hydrogen-bond acceptors (Lipinski definition) is 6. The number of ketones is 1. The van der Waals surface area contributed by atoms with Gasteiger partial charge in [0.05, 0.1) is 0 Å². The molecule has 7 rings (SSSR count). The summed E-state index contributed by atoms with van der Waals surface area (Å²) in [5.74, 6) is 2.90. The van der Waals surface area contributed by atoms with E-state index in [9.17, 15) is 4.79 Å². The highest BCUT2D eigenvalue weighted by molar-refractivity contribution is 6.00. The average molecular weight is 477 g/mol. The van der Waals surface area contributed by atoms with E-state index in [1.165, 1.54) is 5.56 Å². The van der Waals surface area contributed by atoms with E-state index >= 15 is 0 Å². The predicted octanol–water partition coefficient (Wildman–Crippen LogP) is 5.13. The Morgan fingerprint density at radius 1 is 0.833 bits per heavy atom. The molecule has 0 bridgehead atoms. The second kappa shape index (κ2) is 8.37. The number of carbonyl (C=O) groups excluding carboxylic acids is 1. The second-order valence-corrected chi connectivity index (χ2v) is 9.33. The maximum atomic E-state index is 13.8. The smallest absolute Gasteiger partial charge is 0.226 e. The van der Waals surface area contributed by atoms with Gasteiger partial charge in [0.15, 0.2) is 23.1 Å². The average Bonchev–Trinajstić information content (AvgIpc) is 3.36. The van der Waals surface area contributed by atoms with Crippen molar-refractivity contribution in [2.45, 2.75) is 24.8 Å². The molecule has 7 heteroatoms.